The van der Waals surface area contributed by atoms with E-state index in [1.165, 1.54) is 0 Å². The number of piperazine rings is 1. The van der Waals surface area contributed by atoms with E-state index in [9.17, 15) is 10.1 Å². The summed E-state index contributed by atoms with van der Waals surface area (Å²) in [5, 5.41) is 25.7. The van der Waals surface area contributed by atoms with E-state index >= 15 is 0 Å². The molecular weight excluding hydrogens is 408 g/mol. The van der Waals surface area contributed by atoms with Gasteiger partial charge in [0.15, 0.2) is 0 Å². The van der Waals surface area contributed by atoms with Gasteiger partial charge in [0.2, 0.25) is 5.82 Å². The standard InChI is InChI=1S/C22H22N8O2/c1-32-20-8-2-16(3-9-20)22(31)30-12-10-29(11-13-30)19-6-4-18(5-7-19)24-15-17(14-23)21-25-27-28-26-21/h2-9,15,24H,10-13H2,1H3,(H,25,26,27,28). The van der Waals surface area contributed by atoms with Gasteiger partial charge in [-0.15, -0.1) is 10.2 Å². The Morgan fingerprint density at radius 1 is 1.12 bits per heavy atom. The quantitative estimate of drug-likeness (QED) is 0.570. The molecule has 0 unspecified atom stereocenters. The van der Waals surface area contributed by atoms with Crippen LogP contribution in [0.2, 0.25) is 0 Å². The third kappa shape index (κ3) is 4.67. The van der Waals surface area contributed by atoms with Crippen LogP contribution in [-0.2, 0) is 0 Å². The van der Waals surface area contributed by atoms with Crippen LogP contribution in [0.1, 0.15) is 16.2 Å². The van der Waals surface area contributed by atoms with Crippen molar-refractivity contribution in [1.82, 2.24) is 25.5 Å². The highest BCUT2D eigenvalue weighted by molar-refractivity contribution is 5.94. The van der Waals surface area contributed by atoms with Crippen molar-refractivity contribution >= 4 is 22.9 Å². The van der Waals surface area contributed by atoms with Crippen LogP contribution in [0.5, 0.6) is 5.75 Å². The molecule has 0 aliphatic carbocycles. The lowest BCUT2D eigenvalue weighted by molar-refractivity contribution is 0.0747. The number of hydrogen-bond donors (Lipinski definition) is 2. The molecule has 0 spiro atoms. The second-order valence-corrected chi connectivity index (χ2v) is 7.10. The largest absolute Gasteiger partial charge is 0.497 e. The fourth-order valence-corrected chi connectivity index (χ4v) is 3.43. The number of nitriles is 1. The van der Waals surface area contributed by atoms with Crippen LogP contribution < -0.4 is 15.0 Å². The summed E-state index contributed by atoms with van der Waals surface area (Å²) in [5.74, 6) is 1.01. The van der Waals surface area contributed by atoms with E-state index in [1.54, 1.807) is 37.6 Å². The molecule has 0 radical (unpaired) electrons. The number of carbonyl (C=O) groups is 1. The summed E-state index contributed by atoms with van der Waals surface area (Å²) in [4.78, 5) is 16.9. The molecule has 10 nitrogen and oxygen atoms in total. The van der Waals surface area contributed by atoms with Crippen LogP contribution in [0.15, 0.2) is 54.7 Å². The highest BCUT2D eigenvalue weighted by atomic mass is 16.5. The molecule has 162 valence electrons. The first kappa shape index (κ1) is 20.9. The van der Waals surface area contributed by atoms with Gasteiger partial charge in [0.25, 0.3) is 5.91 Å². The number of rotatable bonds is 6. The minimum absolute atomic E-state index is 0.0357. The fourth-order valence-electron chi connectivity index (χ4n) is 3.43. The first-order valence-corrected chi connectivity index (χ1v) is 10.1. The Bertz CT molecular complexity index is 1110. The van der Waals surface area contributed by atoms with Crippen molar-refractivity contribution in [2.45, 2.75) is 0 Å². The normalized spacial score (nSPS) is 14.1. The topological polar surface area (TPSA) is 123 Å². The molecule has 3 aromatic rings. The fraction of sp³-hybridized carbons (Fsp3) is 0.227. The van der Waals surface area contributed by atoms with Gasteiger partial charge in [0, 0.05) is 49.3 Å². The van der Waals surface area contributed by atoms with E-state index in [2.05, 4.69) is 30.8 Å². The Kier molecular flexibility index (Phi) is 6.27. The molecule has 4 rings (SSSR count). The second-order valence-electron chi connectivity index (χ2n) is 7.10. The lowest BCUT2D eigenvalue weighted by Gasteiger charge is -2.36. The number of ether oxygens (including phenoxy) is 1. The van der Waals surface area contributed by atoms with E-state index in [0.717, 1.165) is 30.2 Å². The summed E-state index contributed by atoms with van der Waals surface area (Å²) < 4.78 is 5.15. The van der Waals surface area contributed by atoms with Gasteiger partial charge in [0.05, 0.1) is 7.11 Å². The summed E-state index contributed by atoms with van der Waals surface area (Å²) in [6.07, 6.45) is 1.55. The maximum Gasteiger partial charge on any atom is 0.253 e. The molecule has 32 heavy (non-hydrogen) atoms. The van der Waals surface area contributed by atoms with Gasteiger partial charge in [-0.3, -0.25) is 4.79 Å². The number of hydrogen-bond acceptors (Lipinski definition) is 8. The van der Waals surface area contributed by atoms with Crippen molar-refractivity contribution in [2.75, 3.05) is 43.5 Å². The Hall–Kier alpha value is -4.39. The van der Waals surface area contributed by atoms with E-state index < -0.39 is 0 Å². The van der Waals surface area contributed by atoms with Crippen molar-refractivity contribution in [3.8, 4) is 11.8 Å². The zero-order valence-electron chi connectivity index (χ0n) is 17.5. The molecular formula is C22H22N8O2. The van der Waals surface area contributed by atoms with Crippen LogP contribution in [0.25, 0.3) is 5.57 Å². The Labute approximate surface area is 185 Å². The van der Waals surface area contributed by atoms with E-state index in [0.29, 0.717) is 18.7 Å². The molecule has 10 heteroatoms. The van der Waals surface area contributed by atoms with Gasteiger partial charge in [-0.25, -0.2) is 0 Å². The molecule has 1 fully saturated rings. The number of nitrogens with zero attached hydrogens (tertiary/aromatic N) is 6. The first-order valence-electron chi connectivity index (χ1n) is 10.1. The van der Waals surface area contributed by atoms with Gasteiger partial charge in [0.1, 0.15) is 17.4 Å². The number of benzene rings is 2. The van der Waals surface area contributed by atoms with E-state index in [-0.39, 0.29) is 17.3 Å². The smallest absolute Gasteiger partial charge is 0.253 e. The Morgan fingerprint density at radius 3 is 2.44 bits per heavy atom. The third-order valence-electron chi connectivity index (χ3n) is 5.23. The monoisotopic (exact) mass is 430 g/mol. The molecule has 1 saturated heterocycles. The van der Waals surface area contributed by atoms with Crippen molar-refractivity contribution in [2.24, 2.45) is 0 Å². The number of methoxy groups -OCH3 is 1. The van der Waals surface area contributed by atoms with Crippen molar-refractivity contribution in [3.63, 3.8) is 0 Å². The number of amides is 1. The van der Waals surface area contributed by atoms with E-state index in [4.69, 9.17) is 4.74 Å². The number of anilines is 2. The van der Waals surface area contributed by atoms with Gasteiger partial charge in [-0.1, -0.05) is 0 Å². The van der Waals surface area contributed by atoms with Crippen LogP contribution >= 0.6 is 0 Å². The summed E-state index contributed by atoms with van der Waals surface area (Å²) in [6.45, 7) is 2.82. The van der Waals surface area contributed by atoms with Crippen LogP contribution in [-0.4, -0.2) is 64.7 Å². The lowest BCUT2D eigenvalue weighted by Crippen LogP contribution is -2.48. The van der Waals surface area contributed by atoms with Crippen molar-refractivity contribution in [3.05, 3.63) is 66.1 Å². The molecule has 0 saturated carbocycles. The molecule has 2 heterocycles. The number of aromatic amines is 1. The predicted octanol–water partition coefficient (Wildman–Crippen LogP) is 2.15. The lowest BCUT2D eigenvalue weighted by atomic mass is 10.1. The Morgan fingerprint density at radius 2 is 1.84 bits per heavy atom. The highest BCUT2D eigenvalue weighted by Crippen LogP contribution is 2.21. The molecule has 1 aliphatic heterocycles. The van der Waals surface area contributed by atoms with E-state index in [1.807, 2.05) is 35.2 Å². The number of carbonyl (C=O) groups excluding carboxylic acids is 1. The van der Waals surface area contributed by atoms with Gasteiger partial charge in [-0.2, -0.15) is 10.5 Å². The Balaban J connectivity index is 1.33. The number of aromatic nitrogens is 4. The summed E-state index contributed by atoms with van der Waals surface area (Å²) >= 11 is 0. The predicted molar refractivity (Wildman–Crippen MR) is 119 cm³/mol. The minimum atomic E-state index is 0.0357. The summed E-state index contributed by atoms with van der Waals surface area (Å²) in [6, 6.07) is 17.1. The second kappa shape index (κ2) is 9.61. The SMILES string of the molecule is COc1ccc(C(=O)N2CCN(c3ccc(NC=C(C#N)c4nn[nH]n4)cc3)CC2)cc1. The third-order valence-corrected chi connectivity index (χ3v) is 5.23. The molecule has 2 aromatic carbocycles. The molecule has 0 atom stereocenters. The van der Waals surface area contributed by atoms with Crippen molar-refractivity contribution in [1.29, 1.82) is 5.26 Å². The van der Waals surface area contributed by atoms with Crippen LogP contribution in [0.4, 0.5) is 11.4 Å². The zero-order chi connectivity index (χ0) is 22.3. The molecule has 1 amide bonds. The summed E-state index contributed by atoms with van der Waals surface area (Å²) in [5.41, 5.74) is 2.86. The van der Waals surface area contributed by atoms with Gasteiger partial charge >= 0.3 is 0 Å². The number of nitrogens with one attached hydrogen (secondary N) is 2. The number of allylic oxidation sites excluding steroid dienone is 1. The maximum atomic E-state index is 12.7. The highest BCUT2D eigenvalue weighted by Gasteiger charge is 2.22. The van der Waals surface area contributed by atoms with Crippen molar-refractivity contribution < 1.29 is 9.53 Å². The molecule has 1 aliphatic rings. The maximum absolute atomic E-state index is 12.7. The zero-order valence-corrected chi connectivity index (χ0v) is 17.5. The first-order chi connectivity index (χ1) is 15.7. The average molecular weight is 430 g/mol. The van der Waals surface area contributed by atoms with Crippen LogP contribution in [0, 0.1) is 11.3 Å². The van der Waals surface area contributed by atoms with Crippen LogP contribution in [0.3, 0.4) is 0 Å². The molecule has 0 bridgehead atoms. The number of H-pyrrole nitrogens is 1. The van der Waals surface area contributed by atoms with Gasteiger partial charge < -0.3 is 19.9 Å². The van der Waals surface area contributed by atoms with Gasteiger partial charge in [-0.05, 0) is 53.7 Å². The molecule has 2 N–H and O–H groups in total. The molecule has 1 aromatic heterocycles. The average Bonchev–Trinajstić information content (AvgIpc) is 3.39. The minimum Gasteiger partial charge on any atom is -0.497 e. The summed E-state index contributed by atoms with van der Waals surface area (Å²) in [7, 11) is 1.61. The number of tetrazole rings is 1.